The van der Waals surface area contributed by atoms with Gasteiger partial charge >= 0.3 is 12.1 Å². The molecule has 2 unspecified atom stereocenters. The molecule has 7 heteroatoms. The lowest BCUT2D eigenvalue weighted by Crippen LogP contribution is -2.46. The third kappa shape index (κ3) is 5.44. The Kier molecular flexibility index (Phi) is 5.13. The maximum absolute atomic E-state index is 11.9. The molecule has 1 amide bonds. The Labute approximate surface area is 113 Å². The Morgan fingerprint density at radius 2 is 2.05 bits per heavy atom. The van der Waals surface area contributed by atoms with E-state index < -0.39 is 17.7 Å². The fraction of sp³-hybridized carbons (Fsp3) is 0.833. The molecule has 3 N–H and O–H groups in total. The topological polar surface area (TPSA) is 93.9 Å². The van der Waals surface area contributed by atoms with Crippen LogP contribution in [0.4, 0.5) is 4.79 Å². The van der Waals surface area contributed by atoms with E-state index in [1.807, 2.05) is 20.8 Å². The first-order chi connectivity index (χ1) is 8.69. The predicted molar refractivity (Wildman–Crippen MR) is 68.8 cm³/mol. The van der Waals surface area contributed by atoms with Gasteiger partial charge in [-0.05, 0) is 27.2 Å². The minimum Gasteiger partial charge on any atom is -0.444 e. The number of ether oxygens (including phenoxy) is 1. The van der Waals surface area contributed by atoms with E-state index in [1.54, 1.807) is 4.90 Å². The van der Waals surface area contributed by atoms with E-state index in [0.717, 1.165) is 6.42 Å². The molecular formula is C12H23N3O4. The van der Waals surface area contributed by atoms with E-state index in [4.69, 9.17) is 10.5 Å². The Bertz CT molecular complexity index is 340. The first-order valence-electron chi connectivity index (χ1n) is 6.35. The van der Waals surface area contributed by atoms with Crippen LogP contribution >= 0.6 is 0 Å². The van der Waals surface area contributed by atoms with Crippen molar-refractivity contribution in [3.8, 4) is 0 Å². The molecule has 0 aliphatic carbocycles. The summed E-state index contributed by atoms with van der Waals surface area (Å²) < 4.78 is 5.29. The van der Waals surface area contributed by atoms with Gasteiger partial charge in [0.05, 0.1) is 6.17 Å². The van der Waals surface area contributed by atoms with Gasteiger partial charge in [-0.1, -0.05) is 0 Å². The monoisotopic (exact) mass is 273 g/mol. The van der Waals surface area contributed by atoms with Crippen molar-refractivity contribution in [1.29, 1.82) is 0 Å². The lowest BCUT2D eigenvalue weighted by atomic mass is 10.1. The van der Waals surface area contributed by atoms with Crippen molar-refractivity contribution in [2.24, 2.45) is 11.7 Å². The number of nitrogens with two attached hydrogens (primary N) is 1. The SMILES string of the molecule is CC(=O)ONC(N)C1CCN(C(=O)OC(C)(C)C)C1. The van der Waals surface area contributed by atoms with Crippen molar-refractivity contribution in [3.05, 3.63) is 0 Å². The summed E-state index contributed by atoms with van der Waals surface area (Å²) in [4.78, 5) is 28.8. The molecule has 0 aromatic rings. The smallest absolute Gasteiger partial charge is 0.410 e. The van der Waals surface area contributed by atoms with Crippen molar-refractivity contribution in [2.75, 3.05) is 13.1 Å². The molecule has 0 aromatic carbocycles. The molecule has 1 rings (SSSR count). The number of carbonyl (C=O) groups is 2. The molecule has 19 heavy (non-hydrogen) atoms. The van der Waals surface area contributed by atoms with Crippen LogP contribution < -0.4 is 11.2 Å². The second-order valence-corrected chi connectivity index (χ2v) is 5.71. The average molecular weight is 273 g/mol. The maximum Gasteiger partial charge on any atom is 0.410 e. The summed E-state index contributed by atoms with van der Waals surface area (Å²) in [5.41, 5.74) is 7.82. The average Bonchev–Trinajstić information content (AvgIpc) is 2.72. The summed E-state index contributed by atoms with van der Waals surface area (Å²) in [6.07, 6.45) is -0.0830. The molecule has 1 aliphatic heterocycles. The van der Waals surface area contributed by atoms with Crippen molar-refractivity contribution >= 4 is 12.1 Å². The highest BCUT2D eigenvalue weighted by atomic mass is 16.7. The Morgan fingerprint density at radius 3 is 2.58 bits per heavy atom. The lowest BCUT2D eigenvalue weighted by Gasteiger charge is -2.25. The zero-order valence-corrected chi connectivity index (χ0v) is 11.9. The molecule has 0 radical (unpaired) electrons. The van der Waals surface area contributed by atoms with E-state index in [0.29, 0.717) is 13.1 Å². The van der Waals surface area contributed by atoms with Crippen LogP contribution in [0.5, 0.6) is 0 Å². The van der Waals surface area contributed by atoms with E-state index in [2.05, 4.69) is 10.3 Å². The van der Waals surface area contributed by atoms with E-state index in [1.165, 1.54) is 6.92 Å². The molecule has 0 aromatic heterocycles. The zero-order chi connectivity index (χ0) is 14.6. The zero-order valence-electron chi connectivity index (χ0n) is 11.9. The van der Waals surface area contributed by atoms with Gasteiger partial charge in [-0.25, -0.2) is 4.79 Å². The third-order valence-corrected chi connectivity index (χ3v) is 2.72. The highest BCUT2D eigenvalue weighted by Gasteiger charge is 2.33. The highest BCUT2D eigenvalue weighted by Crippen LogP contribution is 2.20. The number of hydrogen-bond donors (Lipinski definition) is 2. The summed E-state index contributed by atoms with van der Waals surface area (Å²) in [7, 11) is 0. The molecule has 2 atom stereocenters. The Morgan fingerprint density at radius 1 is 1.42 bits per heavy atom. The standard InChI is InChI=1S/C12H23N3O4/c1-8(16)19-14-10(13)9-5-6-15(7-9)11(17)18-12(2,3)4/h9-10,14H,5-7,13H2,1-4H3. The van der Waals surface area contributed by atoms with Crippen LogP contribution in [-0.4, -0.2) is 41.8 Å². The third-order valence-electron chi connectivity index (χ3n) is 2.72. The fourth-order valence-electron chi connectivity index (χ4n) is 1.82. The number of hydrogen-bond acceptors (Lipinski definition) is 6. The van der Waals surface area contributed by atoms with E-state index in [9.17, 15) is 9.59 Å². The van der Waals surface area contributed by atoms with Crippen LogP contribution in [0.1, 0.15) is 34.1 Å². The molecule has 1 heterocycles. The van der Waals surface area contributed by atoms with Crippen LogP contribution in [-0.2, 0) is 14.4 Å². The number of amides is 1. The van der Waals surface area contributed by atoms with Crippen molar-refractivity contribution in [3.63, 3.8) is 0 Å². The van der Waals surface area contributed by atoms with Gasteiger partial charge in [-0.15, -0.1) is 5.48 Å². The van der Waals surface area contributed by atoms with Crippen LogP contribution in [0, 0.1) is 5.92 Å². The van der Waals surface area contributed by atoms with Gasteiger partial charge < -0.3 is 20.2 Å². The number of rotatable bonds is 3. The minimum atomic E-state index is -0.507. The number of nitrogens with one attached hydrogen (secondary N) is 1. The van der Waals surface area contributed by atoms with Gasteiger partial charge in [-0.2, -0.15) is 0 Å². The Balaban J connectivity index is 2.40. The molecule has 0 spiro atoms. The van der Waals surface area contributed by atoms with Crippen LogP contribution in [0.25, 0.3) is 0 Å². The fourth-order valence-corrected chi connectivity index (χ4v) is 1.82. The van der Waals surface area contributed by atoms with Gasteiger partial charge in [0.1, 0.15) is 5.60 Å². The van der Waals surface area contributed by atoms with Crippen LogP contribution in [0.2, 0.25) is 0 Å². The van der Waals surface area contributed by atoms with Crippen molar-refractivity contribution < 1.29 is 19.2 Å². The van der Waals surface area contributed by atoms with Crippen molar-refractivity contribution in [1.82, 2.24) is 10.4 Å². The summed E-state index contributed by atoms with van der Waals surface area (Å²) in [5.74, 6) is -0.413. The summed E-state index contributed by atoms with van der Waals surface area (Å²) >= 11 is 0. The van der Waals surface area contributed by atoms with Gasteiger partial charge in [0.15, 0.2) is 0 Å². The second kappa shape index (κ2) is 6.21. The maximum atomic E-state index is 11.9. The predicted octanol–water partition coefficient (Wildman–Crippen LogP) is 0.596. The number of likely N-dealkylation sites (tertiary alicyclic amines) is 1. The summed E-state index contributed by atoms with van der Waals surface area (Å²) in [6, 6.07) is 0. The molecule has 7 nitrogen and oxygen atoms in total. The molecular weight excluding hydrogens is 250 g/mol. The lowest BCUT2D eigenvalue weighted by molar-refractivity contribution is -0.151. The van der Waals surface area contributed by atoms with Crippen molar-refractivity contribution in [2.45, 2.75) is 45.9 Å². The largest absolute Gasteiger partial charge is 0.444 e. The number of carbonyl (C=O) groups excluding carboxylic acids is 2. The van der Waals surface area contributed by atoms with Crippen LogP contribution in [0.3, 0.4) is 0 Å². The normalized spacial score (nSPS) is 21.1. The van der Waals surface area contributed by atoms with Gasteiger partial charge in [0, 0.05) is 25.9 Å². The molecule has 0 bridgehead atoms. The van der Waals surface area contributed by atoms with Crippen LogP contribution in [0.15, 0.2) is 0 Å². The molecule has 0 saturated carbocycles. The first-order valence-corrected chi connectivity index (χ1v) is 6.35. The van der Waals surface area contributed by atoms with E-state index in [-0.39, 0.29) is 12.0 Å². The minimum absolute atomic E-state index is 0.0341. The second-order valence-electron chi connectivity index (χ2n) is 5.71. The molecule has 1 aliphatic rings. The Hall–Kier alpha value is -1.34. The number of hydroxylamine groups is 1. The molecule has 1 saturated heterocycles. The van der Waals surface area contributed by atoms with Gasteiger partial charge in [0.2, 0.25) is 0 Å². The van der Waals surface area contributed by atoms with Gasteiger partial charge in [-0.3, -0.25) is 4.79 Å². The van der Waals surface area contributed by atoms with Gasteiger partial charge in [0.25, 0.3) is 0 Å². The summed E-state index contributed by atoms with van der Waals surface area (Å²) in [5, 5.41) is 0. The summed E-state index contributed by atoms with van der Waals surface area (Å²) in [6.45, 7) is 7.85. The quantitative estimate of drug-likeness (QED) is 0.577. The molecule has 110 valence electrons. The number of nitrogens with zero attached hydrogens (tertiary/aromatic N) is 1. The molecule has 1 fully saturated rings. The highest BCUT2D eigenvalue weighted by molar-refractivity contribution is 5.68. The van der Waals surface area contributed by atoms with E-state index >= 15 is 0 Å². The first kappa shape index (κ1) is 15.7.